The lowest BCUT2D eigenvalue weighted by atomic mass is 9.76. The Kier molecular flexibility index (Phi) is 7.52. The molecule has 2 aromatic rings. The summed E-state index contributed by atoms with van der Waals surface area (Å²) in [5.74, 6) is -1.46. The van der Waals surface area contributed by atoms with E-state index in [1.807, 2.05) is 24.3 Å². The van der Waals surface area contributed by atoms with Crippen molar-refractivity contribution in [1.29, 1.82) is 5.26 Å². The molecule has 2 aromatic carbocycles. The largest absolute Gasteiger partial charge is 0.393 e. The molecule has 4 rings (SSSR count). The number of piperidine rings is 1. The molecule has 0 radical (unpaired) electrons. The number of anilines is 1. The van der Waals surface area contributed by atoms with E-state index in [-0.39, 0.29) is 18.5 Å². The molecule has 2 fully saturated rings. The van der Waals surface area contributed by atoms with Crippen LogP contribution in [0.3, 0.4) is 0 Å². The maximum absolute atomic E-state index is 12.6. The molecule has 0 spiro atoms. The summed E-state index contributed by atoms with van der Waals surface area (Å²) in [6, 6.07) is 14.2. The quantitative estimate of drug-likeness (QED) is 0.400. The topological polar surface area (TPSA) is 117 Å². The lowest BCUT2D eigenvalue weighted by molar-refractivity contribution is -0.124. The van der Waals surface area contributed by atoms with Crippen molar-refractivity contribution < 1.29 is 20.1 Å². The van der Waals surface area contributed by atoms with Crippen LogP contribution in [0.2, 0.25) is 0 Å². The molecule has 1 aliphatic carbocycles. The van der Waals surface area contributed by atoms with Gasteiger partial charge in [0, 0.05) is 37.2 Å². The van der Waals surface area contributed by atoms with Crippen LogP contribution < -0.4 is 10.2 Å². The van der Waals surface area contributed by atoms with Gasteiger partial charge in [-0.1, -0.05) is 25.1 Å². The third kappa shape index (κ3) is 5.25. The third-order valence-corrected chi connectivity index (χ3v) is 7.29. The molecule has 2 aliphatic rings. The van der Waals surface area contributed by atoms with E-state index >= 15 is 0 Å². The van der Waals surface area contributed by atoms with Gasteiger partial charge in [-0.2, -0.15) is 5.26 Å². The molecular weight excluding hydrogens is 430 g/mol. The second-order valence-corrected chi connectivity index (χ2v) is 9.62. The van der Waals surface area contributed by atoms with Gasteiger partial charge in [0.15, 0.2) is 0 Å². The molecule has 0 bridgehead atoms. The van der Waals surface area contributed by atoms with E-state index in [0.29, 0.717) is 0 Å². The number of nitriles is 1. The number of nitrogens with zero attached hydrogens (tertiary/aromatic N) is 2. The van der Waals surface area contributed by atoms with Crippen LogP contribution in [0.25, 0.3) is 16.8 Å². The zero-order valence-electron chi connectivity index (χ0n) is 19.5. The van der Waals surface area contributed by atoms with Crippen molar-refractivity contribution in [2.45, 2.75) is 50.9 Å². The molecule has 4 unspecified atom stereocenters. The standard InChI is InChI=1S/C27H33N3O4/c1-17-24(31)14-22(26(33)25(17)32)16-29-27(34)21(15-28)12-18-5-6-20-13-23(8-7-19(20)11-18)30-9-3-2-4-10-30/h5-8,11-13,17,22,24-26,31-33H,2-4,9-10,14,16H2,1H3,(H,29,34)/b21-12+/t17?,22-,24?,25?,26?/m1/s1. The van der Waals surface area contributed by atoms with Gasteiger partial charge in [-0.05, 0) is 66.3 Å². The SMILES string of the molecule is CC1C(O)C[C@H](CNC(=O)/C(C#N)=C/c2ccc3cc(N4CCCCC4)ccc3c2)C(O)C1O. The third-order valence-electron chi connectivity index (χ3n) is 7.29. The first-order valence-corrected chi connectivity index (χ1v) is 12.1. The molecule has 180 valence electrons. The van der Waals surface area contributed by atoms with Crippen LogP contribution in [0, 0.1) is 23.2 Å². The molecular formula is C27H33N3O4. The molecule has 4 N–H and O–H groups in total. The normalized spacial score (nSPS) is 27.9. The number of benzene rings is 2. The van der Waals surface area contributed by atoms with Crippen LogP contribution >= 0.6 is 0 Å². The zero-order valence-corrected chi connectivity index (χ0v) is 19.5. The highest BCUT2D eigenvalue weighted by Crippen LogP contribution is 2.30. The smallest absolute Gasteiger partial charge is 0.261 e. The Morgan fingerprint density at radius 2 is 1.79 bits per heavy atom. The number of amides is 1. The summed E-state index contributed by atoms with van der Waals surface area (Å²) in [7, 11) is 0. The van der Waals surface area contributed by atoms with Crippen LogP contribution in [0.1, 0.15) is 38.2 Å². The lowest BCUT2D eigenvalue weighted by Crippen LogP contribution is -2.52. The minimum absolute atomic E-state index is 0.0379. The Morgan fingerprint density at radius 3 is 2.53 bits per heavy atom. The molecule has 1 heterocycles. The fourth-order valence-corrected chi connectivity index (χ4v) is 5.01. The average Bonchev–Trinajstić information content (AvgIpc) is 2.87. The molecule has 1 saturated heterocycles. The monoisotopic (exact) mass is 463 g/mol. The summed E-state index contributed by atoms with van der Waals surface area (Å²) in [6.07, 6.45) is 2.72. The van der Waals surface area contributed by atoms with Crippen molar-refractivity contribution in [1.82, 2.24) is 5.32 Å². The Morgan fingerprint density at radius 1 is 1.09 bits per heavy atom. The van der Waals surface area contributed by atoms with Gasteiger partial charge < -0.3 is 25.5 Å². The first-order chi connectivity index (χ1) is 16.4. The van der Waals surface area contributed by atoms with Gasteiger partial charge in [0.2, 0.25) is 0 Å². The number of aliphatic hydroxyl groups excluding tert-OH is 3. The number of hydrogen-bond acceptors (Lipinski definition) is 6. The van der Waals surface area contributed by atoms with E-state index < -0.39 is 36.1 Å². The Labute approximate surface area is 200 Å². The van der Waals surface area contributed by atoms with Crippen LogP contribution in [0.4, 0.5) is 5.69 Å². The van der Waals surface area contributed by atoms with Crippen LogP contribution in [0.5, 0.6) is 0 Å². The first-order valence-electron chi connectivity index (χ1n) is 12.1. The van der Waals surface area contributed by atoms with Crippen LogP contribution in [-0.4, -0.2) is 59.2 Å². The highest BCUT2D eigenvalue weighted by molar-refractivity contribution is 6.02. The number of aliphatic hydroxyl groups is 3. The molecule has 1 amide bonds. The predicted molar refractivity (Wildman–Crippen MR) is 132 cm³/mol. The second kappa shape index (κ2) is 10.6. The van der Waals surface area contributed by atoms with E-state index in [1.165, 1.54) is 24.9 Å². The summed E-state index contributed by atoms with van der Waals surface area (Å²) in [5.41, 5.74) is 1.94. The number of nitrogens with one attached hydrogen (secondary N) is 1. The fraction of sp³-hybridized carbons (Fsp3) is 0.481. The van der Waals surface area contributed by atoms with Gasteiger partial charge in [-0.15, -0.1) is 0 Å². The molecule has 0 aromatic heterocycles. The van der Waals surface area contributed by atoms with Crippen molar-refractivity contribution in [2.24, 2.45) is 11.8 Å². The molecule has 1 saturated carbocycles. The summed E-state index contributed by atoms with van der Waals surface area (Å²) in [6.45, 7) is 3.92. The zero-order chi connectivity index (χ0) is 24.2. The second-order valence-electron chi connectivity index (χ2n) is 9.62. The molecule has 7 nitrogen and oxygen atoms in total. The van der Waals surface area contributed by atoms with Crippen LogP contribution in [-0.2, 0) is 4.79 Å². The van der Waals surface area contributed by atoms with E-state index in [0.717, 1.165) is 29.4 Å². The minimum atomic E-state index is -1.05. The molecule has 5 atom stereocenters. The van der Waals surface area contributed by atoms with Crippen molar-refractivity contribution >= 4 is 28.4 Å². The molecule has 7 heteroatoms. The Hall–Kier alpha value is -2.92. The van der Waals surface area contributed by atoms with Gasteiger partial charge in [0.25, 0.3) is 5.91 Å². The van der Waals surface area contributed by atoms with E-state index in [1.54, 1.807) is 13.0 Å². The van der Waals surface area contributed by atoms with Gasteiger partial charge >= 0.3 is 0 Å². The summed E-state index contributed by atoms with van der Waals surface area (Å²) in [5, 5.41) is 44.8. The predicted octanol–water partition coefficient (Wildman–Crippen LogP) is 2.59. The van der Waals surface area contributed by atoms with Crippen LogP contribution in [0.15, 0.2) is 42.0 Å². The average molecular weight is 464 g/mol. The first kappa shape index (κ1) is 24.2. The van der Waals surface area contributed by atoms with Gasteiger partial charge in [-0.25, -0.2) is 0 Å². The fourth-order valence-electron chi connectivity index (χ4n) is 5.01. The summed E-state index contributed by atoms with van der Waals surface area (Å²) >= 11 is 0. The van der Waals surface area contributed by atoms with E-state index in [4.69, 9.17) is 0 Å². The summed E-state index contributed by atoms with van der Waals surface area (Å²) in [4.78, 5) is 15.0. The highest BCUT2D eigenvalue weighted by atomic mass is 16.3. The van der Waals surface area contributed by atoms with Gasteiger partial charge in [0.05, 0.1) is 18.3 Å². The highest BCUT2D eigenvalue weighted by Gasteiger charge is 2.40. The number of carbonyl (C=O) groups excluding carboxylic acids is 1. The maximum Gasteiger partial charge on any atom is 0.261 e. The van der Waals surface area contributed by atoms with E-state index in [9.17, 15) is 25.4 Å². The maximum atomic E-state index is 12.6. The number of fused-ring (bicyclic) bond motifs is 1. The van der Waals surface area contributed by atoms with Crippen molar-refractivity contribution in [3.8, 4) is 6.07 Å². The van der Waals surface area contributed by atoms with Gasteiger partial charge in [-0.3, -0.25) is 4.79 Å². The summed E-state index contributed by atoms with van der Waals surface area (Å²) < 4.78 is 0. The molecule has 1 aliphatic heterocycles. The van der Waals surface area contributed by atoms with E-state index in [2.05, 4.69) is 28.4 Å². The minimum Gasteiger partial charge on any atom is -0.393 e. The van der Waals surface area contributed by atoms with Gasteiger partial charge in [0.1, 0.15) is 11.6 Å². The lowest BCUT2D eigenvalue weighted by Gasteiger charge is -2.39. The van der Waals surface area contributed by atoms with Crippen molar-refractivity contribution in [3.05, 3.63) is 47.5 Å². The number of carbonyl (C=O) groups is 1. The number of hydrogen-bond donors (Lipinski definition) is 4. The Balaban J connectivity index is 1.44. The Bertz CT molecular complexity index is 1100. The number of rotatable bonds is 5. The molecule has 34 heavy (non-hydrogen) atoms. The van der Waals surface area contributed by atoms with Crippen molar-refractivity contribution in [2.75, 3.05) is 24.5 Å². The van der Waals surface area contributed by atoms with Crippen molar-refractivity contribution in [3.63, 3.8) is 0 Å².